The number of hydrogen-bond donors (Lipinski definition) is 0. The highest BCUT2D eigenvalue weighted by atomic mass is 35.5. The largest absolute Gasteiger partial charge is 0.488 e. The highest BCUT2D eigenvalue weighted by Crippen LogP contribution is 2.37. The van der Waals surface area contributed by atoms with Crippen LogP contribution in [-0.2, 0) is 15.9 Å². The maximum Gasteiger partial charge on any atom is 0.413 e. The van der Waals surface area contributed by atoms with Gasteiger partial charge in [0.05, 0.1) is 17.2 Å². The quantitative estimate of drug-likeness (QED) is 0.249. The molecular formula is C31H38Cl2FN3O5. The number of halogens is 3. The first-order valence-electron chi connectivity index (χ1n) is 14.0. The van der Waals surface area contributed by atoms with Gasteiger partial charge in [-0.2, -0.15) is 4.98 Å². The molecule has 4 rings (SSSR count). The van der Waals surface area contributed by atoms with Gasteiger partial charge in [-0.3, -0.25) is 4.90 Å². The first kappa shape index (κ1) is 32.0. The molecule has 0 bridgehead atoms. The SMILES string of the molecule is CC(C)CCc1ccc(-c2nc(-c3cc(F)c(OC[C@H]4[C@@H](C)OC(C)(C)N4C(=O)OC(C)(C)C)cc3Cl)no2)cc1Cl. The third-order valence-corrected chi connectivity index (χ3v) is 7.57. The Morgan fingerprint density at radius 3 is 2.52 bits per heavy atom. The van der Waals surface area contributed by atoms with E-state index in [1.165, 1.54) is 17.0 Å². The second-order valence-corrected chi connectivity index (χ2v) is 13.2. The van der Waals surface area contributed by atoms with Crippen molar-refractivity contribution in [2.75, 3.05) is 6.61 Å². The molecule has 0 N–H and O–H groups in total. The molecule has 1 aromatic heterocycles. The molecule has 1 amide bonds. The number of aromatic nitrogens is 2. The molecule has 2 atom stereocenters. The van der Waals surface area contributed by atoms with Crippen molar-refractivity contribution in [1.29, 1.82) is 0 Å². The Labute approximate surface area is 256 Å². The third-order valence-electron chi connectivity index (χ3n) is 6.91. The summed E-state index contributed by atoms with van der Waals surface area (Å²) in [6.07, 6.45) is 0.971. The van der Waals surface area contributed by atoms with E-state index in [-0.39, 0.29) is 40.8 Å². The number of benzene rings is 2. The highest BCUT2D eigenvalue weighted by Gasteiger charge is 2.50. The fraction of sp³-hybridized carbons (Fsp3) is 0.516. The van der Waals surface area contributed by atoms with Crippen LogP contribution in [0.5, 0.6) is 5.75 Å². The predicted molar refractivity (Wildman–Crippen MR) is 160 cm³/mol. The lowest BCUT2D eigenvalue weighted by atomic mass is 10.0. The standard InChI is InChI=1S/C31H38Cl2FN3O5/c1-17(2)9-10-19-11-12-20(13-22(19)32)28-35-27(36-42-28)21-14-24(34)26(15-23(21)33)39-16-25-18(3)40-31(7,8)37(25)29(38)41-30(4,5)6/h11-15,17-18,25H,9-10,16H2,1-8H3/t18-,25+/m1/s1. The Morgan fingerprint density at radius 2 is 1.88 bits per heavy atom. The Kier molecular flexibility index (Phi) is 9.45. The van der Waals surface area contributed by atoms with E-state index in [4.69, 9.17) is 41.9 Å². The molecule has 0 aliphatic carbocycles. The van der Waals surface area contributed by atoms with Crippen LogP contribution in [0.4, 0.5) is 9.18 Å². The van der Waals surface area contributed by atoms with E-state index in [2.05, 4.69) is 24.0 Å². The van der Waals surface area contributed by atoms with Gasteiger partial charge in [-0.25, -0.2) is 9.18 Å². The third kappa shape index (κ3) is 7.36. The maximum atomic E-state index is 15.2. The molecule has 1 fully saturated rings. The molecule has 11 heteroatoms. The molecule has 3 aromatic rings. The van der Waals surface area contributed by atoms with E-state index in [1.807, 2.05) is 19.1 Å². The summed E-state index contributed by atoms with van der Waals surface area (Å²) in [6.45, 7) is 15.0. The minimum absolute atomic E-state index is 0.0449. The van der Waals surface area contributed by atoms with Gasteiger partial charge in [-0.05, 0) is 84.1 Å². The Morgan fingerprint density at radius 1 is 1.17 bits per heavy atom. The normalized spacial score (nSPS) is 18.5. The molecule has 1 saturated heterocycles. The summed E-state index contributed by atoms with van der Waals surface area (Å²) in [7, 11) is 0. The second-order valence-electron chi connectivity index (χ2n) is 12.4. The minimum atomic E-state index is -0.940. The van der Waals surface area contributed by atoms with Gasteiger partial charge in [0.25, 0.3) is 5.89 Å². The number of carbonyl (C=O) groups is 1. The molecule has 2 heterocycles. The minimum Gasteiger partial charge on any atom is -0.488 e. The molecule has 0 spiro atoms. The molecule has 0 radical (unpaired) electrons. The van der Waals surface area contributed by atoms with Crippen LogP contribution in [0.25, 0.3) is 22.8 Å². The maximum absolute atomic E-state index is 15.2. The van der Waals surface area contributed by atoms with E-state index in [1.54, 1.807) is 40.7 Å². The van der Waals surface area contributed by atoms with Gasteiger partial charge in [0.15, 0.2) is 11.6 Å². The van der Waals surface area contributed by atoms with Crippen LogP contribution < -0.4 is 4.74 Å². The lowest BCUT2D eigenvalue weighted by Gasteiger charge is -2.35. The van der Waals surface area contributed by atoms with E-state index >= 15 is 4.39 Å². The van der Waals surface area contributed by atoms with Crippen LogP contribution in [0.3, 0.4) is 0 Å². The lowest BCUT2D eigenvalue weighted by Crippen LogP contribution is -2.52. The van der Waals surface area contributed by atoms with Crippen molar-refractivity contribution in [1.82, 2.24) is 15.0 Å². The molecule has 42 heavy (non-hydrogen) atoms. The van der Waals surface area contributed by atoms with Crippen molar-refractivity contribution < 1.29 is 27.9 Å². The van der Waals surface area contributed by atoms with E-state index in [0.717, 1.165) is 18.4 Å². The van der Waals surface area contributed by atoms with Crippen molar-refractivity contribution in [2.24, 2.45) is 5.92 Å². The second kappa shape index (κ2) is 12.4. The summed E-state index contributed by atoms with van der Waals surface area (Å²) < 4.78 is 38.1. The van der Waals surface area contributed by atoms with Crippen molar-refractivity contribution in [3.8, 4) is 28.6 Å². The predicted octanol–water partition coefficient (Wildman–Crippen LogP) is 8.58. The van der Waals surface area contributed by atoms with Crippen molar-refractivity contribution in [2.45, 2.75) is 91.7 Å². The summed E-state index contributed by atoms with van der Waals surface area (Å²) in [5.41, 5.74) is 0.299. The van der Waals surface area contributed by atoms with E-state index in [9.17, 15) is 4.79 Å². The molecule has 0 unspecified atom stereocenters. The van der Waals surface area contributed by atoms with Crippen LogP contribution in [-0.4, -0.2) is 51.2 Å². The number of nitrogens with zero attached hydrogens (tertiary/aromatic N) is 3. The Hall–Kier alpha value is -2.88. The van der Waals surface area contributed by atoms with Crippen molar-refractivity contribution in [3.05, 3.63) is 51.8 Å². The molecule has 2 aromatic carbocycles. The Bertz CT molecular complexity index is 1440. The van der Waals surface area contributed by atoms with Crippen LogP contribution in [0.15, 0.2) is 34.9 Å². The molecule has 228 valence electrons. The number of carbonyl (C=O) groups excluding carboxylic acids is 1. The fourth-order valence-electron chi connectivity index (χ4n) is 4.84. The summed E-state index contributed by atoms with van der Waals surface area (Å²) in [6, 6.07) is 7.61. The first-order valence-corrected chi connectivity index (χ1v) is 14.8. The monoisotopic (exact) mass is 621 g/mol. The zero-order valence-corrected chi connectivity index (χ0v) is 26.8. The van der Waals surface area contributed by atoms with Gasteiger partial charge in [-0.1, -0.05) is 48.3 Å². The lowest BCUT2D eigenvalue weighted by molar-refractivity contribution is -0.0760. The van der Waals surface area contributed by atoms with Crippen molar-refractivity contribution in [3.63, 3.8) is 0 Å². The van der Waals surface area contributed by atoms with Gasteiger partial charge in [0.2, 0.25) is 5.82 Å². The van der Waals surface area contributed by atoms with Crippen LogP contribution in [0.1, 0.15) is 67.4 Å². The number of rotatable bonds is 8. The summed E-state index contributed by atoms with van der Waals surface area (Å²) in [4.78, 5) is 18.9. The molecular weight excluding hydrogens is 584 g/mol. The zero-order chi connectivity index (χ0) is 31.0. The molecule has 0 saturated carbocycles. The number of amides is 1. The van der Waals surface area contributed by atoms with Gasteiger partial charge in [0, 0.05) is 22.2 Å². The molecule has 1 aliphatic rings. The Balaban J connectivity index is 1.50. The van der Waals surface area contributed by atoms with Gasteiger partial charge in [-0.15, -0.1) is 0 Å². The highest BCUT2D eigenvalue weighted by molar-refractivity contribution is 6.33. The van der Waals surface area contributed by atoms with Crippen LogP contribution in [0.2, 0.25) is 10.0 Å². The number of hydrogen-bond acceptors (Lipinski definition) is 7. The number of ether oxygens (including phenoxy) is 3. The molecule has 1 aliphatic heterocycles. The summed E-state index contributed by atoms with van der Waals surface area (Å²) in [5.74, 6) is 0.168. The van der Waals surface area contributed by atoms with E-state index < -0.39 is 29.3 Å². The van der Waals surface area contributed by atoms with Gasteiger partial charge < -0.3 is 18.7 Å². The zero-order valence-electron chi connectivity index (χ0n) is 25.3. The number of aryl methyl sites for hydroxylation is 1. The smallest absolute Gasteiger partial charge is 0.413 e. The van der Waals surface area contributed by atoms with E-state index in [0.29, 0.717) is 16.5 Å². The first-order chi connectivity index (χ1) is 19.6. The fourth-order valence-corrected chi connectivity index (χ4v) is 5.35. The van der Waals surface area contributed by atoms with Crippen LogP contribution >= 0.6 is 23.2 Å². The average Bonchev–Trinajstić information content (AvgIpc) is 3.44. The van der Waals surface area contributed by atoms with Crippen LogP contribution in [0, 0.1) is 11.7 Å². The topological polar surface area (TPSA) is 86.9 Å². The summed E-state index contributed by atoms with van der Waals surface area (Å²) >= 11 is 13.0. The average molecular weight is 623 g/mol. The van der Waals surface area contributed by atoms with Gasteiger partial charge in [0.1, 0.15) is 17.9 Å². The summed E-state index contributed by atoms with van der Waals surface area (Å²) in [5, 5.41) is 4.79. The molecule has 8 nitrogen and oxygen atoms in total. The van der Waals surface area contributed by atoms with Crippen molar-refractivity contribution >= 4 is 29.3 Å². The van der Waals surface area contributed by atoms with Gasteiger partial charge >= 0.3 is 6.09 Å².